The van der Waals surface area contributed by atoms with Gasteiger partial charge in [-0.05, 0) is 55.9 Å². The molecule has 0 amide bonds. The van der Waals surface area contributed by atoms with E-state index < -0.39 is 0 Å². The Morgan fingerprint density at radius 1 is 1.19 bits per heavy atom. The largest absolute Gasteiger partial charge is 0.294 e. The Labute approximate surface area is 99.3 Å². The van der Waals surface area contributed by atoms with Crippen molar-refractivity contribution in [3.63, 3.8) is 0 Å². The molecule has 0 bridgehead atoms. The number of ketones is 1. The lowest BCUT2D eigenvalue weighted by Gasteiger charge is -2.22. The van der Waals surface area contributed by atoms with Crippen molar-refractivity contribution in [3.05, 3.63) is 11.1 Å². The van der Waals surface area contributed by atoms with Gasteiger partial charge in [0.25, 0.3) is 0 Å². The summed E-state index contributed by atoms with van der Waals surface area (Å²) in [5.41, 5.74) is 2.74. The minimum atomic E-state index is 0.308. The fourth-order valence-corrected chi connectivity index (χ4v) is 3.77. The van der Waals surface area contributed by atoms with Gasteiger partial charge in [-0.3, -0.25) is 4.79 Å². The molecule has 0 N–H and O–H groups in total. The number of rotatable bonds is 0. The standard InChI is InChI=1S/C15H24O/c1-9-6-10(2)12-7-15(4,5)8-13(12)14(16)11(9)3/h10,12-13H,6-8H2,1-5H3/t10-,12+,13+/m0/s1. The van der Waals surface area contributed by atoms with Gasteiger partial charge in [-0.2, -0.15) is 0 Å². The Hall–Kier alpha value is -0.590. The lowest BCUT2D eigenvalue weighted by Crippen LogP contribution is -2.21. The Bertz CT molecular complexity index is 348. The molecule has 1 heteroatoms. The molecule has 0 heterocycles. The van der Waals surface area contributed by atoms with Crippen molar-refractivity contribution in [2.75, 3.05) is 0 Å². The van der Waals surface area contributed by atoms with Gasteiger partial charge in [0.1, 0.15) is 0 Å². The zero-order chi connectivity index (χ0) is 12.1. The van der Waals surface area contributed by atoms with Gasteiger partial charge in [-0.1, -0.05) is 26.3 Å². The number of allylic oxidation sites excluding steroid dienone is 2. The topological polar surface area (TPSA) is 17.1 Å². The molecular formula is C15H24O. The summed E-state index contributed by atoms with van der Waals surface area (Å²) in [5, 5.41) is 0. The Kier molecular flexibility index (Phi) is 2.76. The third kappa shape index (κ3) is 1.85. The minimum Gasteiger partial charge on any atom is -0.294 e. The predicted octanol–water partition coefficient (Wildman–Crippen LogP) is 3.98. The highest BCUT2D eigenvalue weighted by atomic mass is 16.1. The lowest BCUT2D eigenvalue weighted by atomic mass is 9.82. The third-order valence-corrected chi connectivity index (χ3v) is 4.78. The van der Waals surface area contributed by atoms with Crippen LogP contribution in [0.4, 0.5) is 0 Å². The third-order valence-electron chi connectivity index (χ3n) is 4.78. The average molecular weight is 220 g/mol. The Morgan fingerprint density at radius 3 is 2.44 bits per heavy atom. The molecule has 0 saturated heterocycles. The zero-order valence-corrected chi connectivity index (χ0v) is 11.3. The van der Waals surface area contributed by atoms with Crippen LogP contribution in [0, 0.1) is 23.2 Å². The highest BCUT2D eigenvalue weighted by molar-refractivity contribution is 5.98. The first kappa shape index (κ1) is 11.9. The van der Waals surface area contributed by atoms with Crippen LogP contribution in [0.15, 0.2) is 11.1 Å². The van der Waals surface area contributed by atoms with Crippen molar-refractivity contribution in [1.82, 2.24) is 0 Å². The quantitative estimate of drug-likeness (QED) is 0.603. The molecule has 1 fully saturated rings. The van der Waals surface area contributed by atoms with Gasteiger partial charge in [0, 0.05) is 5.92 Å². The molecule has 0 aromatic heterocycles. The molecule has 90 valence electrons. The second kappa shape index (κ2) is 3.72. The van der Waals surface area contributed by atoms with E-state index in [2.05, 4.69) is 27.7 Å². The second-order valence-corrected chi connectivity index (χ2v) is 6.79. The van der Waals surface area contributed by atoms with Crippen molar-refractivity contribution >= 4 is 5.78 Å². The molecule has 0 aliphatic heterocycles. The summed E-state index contributed by atoms with van der Waals surface area (Å²) in [4.78, 5) is 12.4. The lowest BCUT2D eigenvalue weighted by molar-refractivity contribution is -0.120. The molecule has 0 aromatic carbocycles. The highest BCUT2D eigenvalue weighted by Gasteiger charge is 2.46. The van der Waals surface area contributed by atoms with Crippen molar-refractivity contribution in [3.8, 4) is 0 Å². The van der Waals surface area contributed by atoms with E-state index in [9.17, 15) is 4.79 Å². The van der Waals surface area contributed by atoms with E-state index >= 15 is 0 Å². The first-order valence-corrected chi connectivity index (χ1v) is 6.52. The maximum absolute atomic E-state index is 12.4. The predicted molar refractivity (Wildman–Crippen MR) is 67.2 cm³/mol. The molecule has 16 heavy (non-hydrogen) atoms. The summed E-state index contributed by atoms with van der Waals surface area (Å²) in [6.07, 6.45) is 3.44. The molecule has 2 aliphatic rings. The summed E-state index contributed by atoms with van der Waals surface area (Å²) in [7, 11) is 0. The van der Waals surface area contributed by atoms with Crippen LogP contribution in [0.5, 0.6) is 0 Å². The van der Waals surface area contributed by atoms with Gasteiger partial charge in [0.15, 0.2) is 5.78 Å². The Balaban J connectivity index is 2.35. The molecule has 1 nitrogen and oxygen atoms in total. The van der Waals surface area contributed by atoms with Crippen LogP contribution in [0.3, 0.4) is 0 Å². The van der Waals surface area contributed by atoms with Gasteiger partial charge in [-0.15, -0.1) is 0 Å². The first-order valence-electron chi connectivity index (χ1n) is 6.52. The van der Waals surface area contributed by atoms with Gasteiger partial charge in [0.2, 0.25) is 0 Å². The van der Waals surface area contributed by atoms with Crippen LogP contribution >= 0.6 is 0 Å². The second-order valence-electron chi connectivity index (χ2n) is 6.79. The van der Waals surface area contributed by atoms with Gasteiger partial charge >= 0.3 is 0 Å². The number of Topliss-reactive ketones (excluding diaryl/α,β-unsaturated/α-hetero) is 1. The van der Waals surface area contributed by atoms with Crippen LogP contribution in [0.25, 0.3) is 0 Å². The van der Waals surface area contributed by atoms with Crippen molar-refractivity contribution in [2.45, 2.75) is 53.9 Å². The fraction of sp³-hybridized carbons (Fsp3) is 0.800. The van der Waals surface area contributed by atoms with E-state index in [0.29, 0.717) is 29.0 Å². The molecule has 3 atom stereocenters. The van der Waals surface area contributed by atoms with Crippen molar-refractivity contribution in [2.24, 2.45) is 23.2 Å². The molecule has 0 radical (unpaired) electrons. The normalized spacial score (nSPS) is 38.6. The first-order chi connectivity index (χ1) is 7.32. The number of carbonyl (C=O) groups is 1. The van der Waals surface area contributed by atoms with Crippen LogP contribution < -0.4 is 0 Å². The van der Waals surface area contributed by atoms with E-state index in [1.165, 1.54) is 12.0 Å². The van der Waals surface area contributed by atoms with Crippen LogP contribution in [0.1, 0.15) is 53.9 Å². The van der Waals surface area contributed by atoms with Crippen LogP contribution in [-0.2, 0) is 4.79 Å². The molecule has 0 aromatic rings. The minimum absolute atomic E-state index is 0.308. The van der Waals surface area contributed by atoms with Crippen LogP contribution in [-0.4, -0.2) is 5.78 Å². The highest BCUT2D eigenvalue weighted by Crippen LogP contribution is 2.51. The Morgan fingerprint density at radius 2 is 1.81 bits per heavy atom. The maximum Gasteiger partial charge on any atom is 0.161 e. The monoisotopic (exact) mass is 220 g/mol. The smallest absolute Gasteiger partial charge is 0.161 e. The number of hydrogen-bond donors (Lipinski definition) is 0. The maximum atomic E-state index is 12.4. The molecular weight excluding hydrogens is 196 g/mol. The molecule has 0 spiro atoms. The van der Waals surface area contributed by atoms with E-state index in [4.69, 9.17) is 0 Å². The van der Waals surface area contributed by atoms with E-state index in [-0.39, 0.29) is 0 Å². The van der Waals surface area contributed by atoms with Gasteiger partial charge in [0.05, 0.1) is 0 Å². The van der Waals surface area contributed by atoms with Gasteiger partial charge in [-0.25, -0.2) is 0 Å². The summed E-state index contributed by atoms with van der Waals surface area (Å²) in [5.74, 6) is 2.04. The molecule has 2 aliphatic carbocycles. The van der Waals surface area contributed by atoms with E-state index in [1.54, 1.807) is 0 Å². The summed E-state index contributed by atoms with van der Waals surface area (Å²) in [6, 6.07) is 0. The number of hydrogen-bond acceptors (Lipinski definition) is 1. The van der Waals surface area contributed by atoms with E-state index in [0.717, 1.165) is 18.4 Å². The summed E-state index contributed by atoms with van der Waals surface area (Å²) < 4.78 is 0. The average Bonchev–Trinajstić information content (AvgIpc) is 2.48. The number of fused-ring (bicyclic) bond motifs is 1. The van der Waals surface area contributed by atoms with Crippen LogP contribution in [0.2, 0.25) is 0 Å². The van der Waals surface area contributed by atoms with E-state index in [1.807, 2.05) is 6.92 Å². The van der Waals surface area contributed by atoms with Crippen molar-refractivity contribution < 1.29 is 4.79 Å². The SMILES string of the molecule is CC1=C(C)C(=O)[C@@H]2CC(C)(C)C[C@@H]2[C@@H](C)C1. The fourth-order valence-electron chi connectivity index (χ4n) is 3.77. The summed E-state index contributed by atoms with van der Waals surface area (Å²) >= 11 is 0. The van der Waals surface area contributed by atoms with Crippen molar-refractivity contribution in [1.29, 1.82) is 0 Å². The van der Waals surface area contributed by atoms with Gasteiger partial charge < -0.3 is 0 Å². The molecule has 1 saturated carbocycles. The zero-order valence-electron chi connectivity index (χ0n) is 11.3. The molecule has 0 unspecified atom stereocenters. The molecule has 2 rings (SSSR count). The summed E-state index contributed by atoms with van der Waals surface area (Å²) in [6.45, 7) is 11.1. The number of carbonyl (C=O) groups excluding carboxylic acids is 1.